The van der Waals surface area contributed by atoms with Gasteiger partial charge in [0.1, 0.15) is 11.5 Å². The van der Waals surface area contributed by atoms with Crippen LogP contribution in [0.1, 0.15) is 19.3 Å². The summed E-state index contributed by atoms with van der Waals surface area (Å²) >= 11 is 5.82. The number of carbonyl (C=O) groups is 3. The molecule has 1 aliphatic heterocycles. The fourth-order valence-electron chi connectivity index (χ4n) is 2.64. The van der Waals surface area contributed by atoms with Gasteiger partial charge in [-0.1, -0.05) is 11.6 Å². The van der Waals surface area contributed by atoms with Crippen LogP contribution in [0.4, 0.5) is 5.69 Å². The highest BCUT2D eigenvalue weighted by atomic mass is 35.5. The molecule has 116 valence electrons. The zero-order chi connectivity index (χ0) is 15.9. The van der Waals surface area contributed by atoms with Crippen molar-refractivity contribution in [2.45, 2.75) is 24.8 Å². The van der Waals surface area contributed by atoms with E-state index in [2.05, 4.69) is 5.32 Å². The number of carboxylic acid groups (broad SMARTS) is 1. The summed E-state index contributed by atoms with van der Waals surface area (Å²) in [6.45, 7) is 0.429. The number of nitrogens with zero attached hydrogens (tertiary/aromatic N) is 1. The van der Waals surface area contributed by atoms with Gasteiger partial charge in [0.25, 0.3) is 0 Å². The van der Waals surface area contributed by atoms with E-state index in [-0.39, 0.29) is 5.91 Å². The normalized spacial score (nSPS) is 22.5. The summed E-state index contributed by atoms with van der Waals surface area (Å²) in [5.41, 5.74) is -0.477. The Kier molecular flexibility index (Phi) is 3.56. The second-order valence-corrected chi connectivity index (χ2v) is 6.12. The Morgan fingerprint density at radius 3 is 2.45 bits per heavy atom. The molecule has 1 unspecified atom stereocenters. The van der Waals surface area contributed by atoms with Crippen molar-refractivity contribution < 1.29 is 19.5 Å². The van der Waals surface area contributed by atoms with E-state index in [1.807, 2.05) is 0 Å². The lowest BCUT2D eigenvalue weighted by molar-refractivity contribution is -0.144. The first-order valence-corrected chi connectivity index (χ1v) is 7.43. The summed E-state index contributed by atoms with van der Waals surface area (Å²) in [4.78, 5) is 37.2. The van der Waals surface area contributed by atoms with E-state index in [0.29, 0.717) is 36.5 Å². The molecule has 0 aromatic heterocycles. The van der Waals surface area contributed by atoms with Crippen LogP contribution in [-0.2, 0) is 14.4 Å². The minimum Gasteiger partial charge on any atom is -0.480 e. The van der Waals surface area contributed by atoms with E-state index in [1.165, 1.54) is 4.90 Å². The molecule has 3 rings (SSSR count). The largest absolute Gasteiger partial charge is 0.480 e. The quantitative estimate of drug-likeness (QED) is 0.821. The number of halogens is 1. The predicted molar refractivity (Wildman–Crippen MR) is 79.7 cm³/mol. The molecule has 0 radical (unpaired) electrons. The molecular formula is C15H15ClN2O4. The van der Waals surface area contributed by atoms with Crippen molar-refractivity contribution in [3.8, 4) is 0 Å². The summed E-state index contributed by atoms with van der Waals surface area (Å²) in [5.74, 6) is -2.67. The topological polar surface area (TPSA) is 86.7 Å². The first-order valence-electron chi connectivity index (χ1n) is 7.05. The number of aliphatic carboxylic acids is 1. The number of hydrogen-bond acceptors (Lipinski definition) is 3. The maximum Gasteiger partial charge on any atom is 0.329 e. The van der Waals surface area contributed by atoms with Gasteiger partial charge in [0.05, 0.1) is 0 Å². The summed E-state index contributed by atoms with van der Waals surface area (Å²) in [7, 11) is 0. The van der Waals surface area contributed by atoms with Crippen LogP contribution in [0, 0.1) is 5.92 Å². The van der Waals surface area contributed by atoms with E-state index in [9.17, 15) is 14.4 Å². The van der Waals surface area contributed by atoms with Crippen molar-refractivity contribution >= 4 is 35.1 Å². The monoisotopic (exact) mass is 322 g/mol. The molecular weight excluding hydrogens is 308 g/mol. The van der Waals surface area contributed by atoms with Crippen molar-refractivity contribution in [3.63, 3.8) is 0 Å². The average molecular weight is 323 g/mol. The van der Waals surface area contributed by atoms with Crippen molar-refractivity contribution in [2.75, 3.05) is 11.4 Å². The fraction of sp³-hybridized carbons (Fsp3) is 0.400. The summed E-state index contributed by atoms with van der Waals surface area (Å²) in [6.07, 6.45) is 1.20. The minimum absolute atomic E-state index is 0.305. The Morgan fingerprint density at radius 1 is 1.27 bits per heavy atom. The van der Waals surface area contributed by atoms with Crippen molar-refractivity contribution in [1.82, 2.24) is 5.32 Å². The molecule has 1 saturated carbocycles. The van der Waals surface area contributed by atoms with Gasteiger partial charge in [0.2, 0.25) is 11.8 Å². The molecule has 0 spiro atoms. The molecule has 1 aliphatic carbocycles. The second-order valence-electron chi connectivity index (χ2n) is 5.68. The number of nitrogens with one attached hydrogen (secondary N) is 1. The fourth-order valence-corrected chi connectivity index (χ4v) is 2.77. The standard InChI is InChI=1S/C15H15ClN2O4/c16-9-1-3-10(4-2-9)18-8-5-11(13(18)20)12(19)17-15(6-7-15)14(21)22/h1-4,11H,5-8H2,(H,17,19)(H,21,22). The van der Waals surface area contributed by atoms with Crippen LogP contribution >= 0.6 is 11.6 Å². The van der Waals surface area contributed by atoms with Crippen LogP contribution in [0.15, 0.2) is 24.3 Å². The van der Waals surface area contributed by atoms with Crippen LogP contribution in [0.5, 0.6) is 0 Å². The highest BCUT2D eigenvalue weighted by molar-refractivity contribution is 6.30. The highest BCUT2D eigenvalue weighted by Crippen LogP contribution is 2.36. The summed E-state index contributed by atoms with van der Waals surface area (Å²) in [5, 5.41) is 12.2. The Labute approximate surface area is 132 Å². The third-order valence-corrected chi connectivity index (χ3v) is 4.43. The third-order valence-electron chi connectivity index (χ3n) is 4.18. The second kappa shape index (κ2) is 5.28. The lowest BCUT2D eigenvalue weighted by Crippen LogP contribution is -2.47. The molecule has 2 fully saturated rings. The van der Waals surface area contributed by atoms with Gasteiger partial charge in [-0.05, 0) is 43.5 Å². The predicted octanol–water partition coefficient (Wildman–Crippen LogP) is 1.43. The number of rotatable bonds is 4. The Balaban J connectivity index is 1.70. The van der Waals surface area contributed by atoms with Crippen LogP contribution in [0.3, 0.4) is 0 Å². The smallest absolute Gasteiger partial charge is 0.329 e. The molecule has 2 N–H and O–H groups in total. The average Bonchev–Trinajstić information content (AvgIpc) is 3.16. The first-order chi connectivity index (χ1) is 10.4. The van der Waals surface area contributed by atoms with Gasteiger partial charge in [-0.15, -0.1) is 0 Å². The van der Waals surface area contributed by atoms with E-state index in [0.717, 1.165) is 0 Å². The van der Waals surface area contributed by atoms with Gasteiger partial charge >= 0.3 is 5.97 Å². The van der Waals surface area contributed by atoms with Crippen molar-refractivity contribution in [2.24, 2.45) is 5.92 Å². The van der Waals surface area contributed by atoms with Crippen LogP contribution in [-0.4, -0.2) is 35.0 Å². The molecule has 7 heteroatoms. The third kappa shape index (κ3) is 2.54. The van der Waals surface area contributed by atoms with Crippen molar-refractivity contribution in [1.29, 1.82) is 0 Å². The maximum absolute atomic E-state index is 12.4. The molecule has 22 heavy (non-hydrogen) atoms. The molecule has 6 nitrogen and oxygen atoms in total. The molecule has 1 aromatic carbocycles. The zero-order valence-corrected chi connectivity index (χ0v) is 12.5. The van der Waals surface area contributed by atoms with E-state index in [4.69, 9.17) is 16.7 Å². The van der Waals surface area contributed by atoms with Gasteiger partial charge in [-0.25, -0.2) is 4.79 Å². The van der Waals surface area contributed by atoms with Crippen LogP contribution in [0.25, 0.3) is 0 Å². The van der Waals surface area contributed by atoms with Crippen LogP contribution < -0.4 is 10.2 Å². The SMILES string of the molecule is O=C(NC1(C(=O)O)CC1)C1CCN(c2ccc(Cl)cc2)C1=O. The van der Waals surface area contributed by atoms with Gasteiger partial charge in [-0.3, -0.25) is 9.59 Å². The van der Waals surface area contributed by atoms with E-state index < -0.39 is 23.3 Å². The van der Waals surface area contributed by atoms with Gasteiger partial charge < -0.3 is 15.3 Å². The maximum atomic E-state index is 12.4. The lowest BCUT2D eigenvalue weighted by atomic mass is 10.1. The van der Waals surface area contributed by atoms with E-state index >= 15 is 0 Å². The molecule has 0 bridgehead atoms. The first kappa shape index (κ1) is 14.8. The Bertz CT molecular complexity index is 639. The number of benzene rings is 1. The Hall–Kier alpha value is -2.08. The lowest BCUT2D eigenvalue weighted by Gasteiger charge is -2.18. The van der Waals surface area contributed by atoms with Gasteiger partial charge in [0, 0.05) is 17.3 Å². The van der Waals surface area contributed by atoms with E-state index in [1.54, 1.807) is 24.3 Å². The van der Waals surface area contributed by atoms with Gasteiger partial charge in [-0.2, -0.15) is 0 Å². The molecule has 2 aliphatic rings. The van der Waals surface area contributed by atoms with Crippen molar-refractivity contribution in [3.05, 3.63) is 29.3 Å². The summed E-state index contributed by atoms with van der Waals surface area (Å²) < 4.78 is 0. The Morgan fingerprint density at radius 2 is 1.91 bits per heavy atom. The molecule has 2 amide bonds. The van der Waals surface area contributed by atoms with Gasteiger partial charge in [0.15, 0.2) is 0 Å². The molecule has 1 saturated heterocycles. The molecule has 1 aromatic rings. The van der Waals surface area contributed by atoms with Crippen LogP contribution in [0.2, 0.25) is 5.02 Å². The minimum atomic E-state index is -1.16. The number of hydrogen-bond donors (Lipinski definition) is 2. The highest BCUT2D eigenvalue weighted by Gasteiger charge is 2.53. The number of carboxylic acids is 1. The number of anilines is 1. The molecule has 1 atom stereocenters. The summed E-state index contributed by atoms with van der Waals surface area (Å²) in [6, 6.07) is 6.81. The number of amides is 2. The molecule has 1 heterocycles. The zero-order valence-electron chi connectivity index (χ0n) is 11.7. The number of carbonyl (C=O) groups excluding carboxylic acids is 2.